The Morgan fingerprint density at radius 2 is 1.78 bits per heavy atom. The lowest BCUT2D eigenvalue weighted by atomic mass is 9.84. The van der Waals surface area contributed by atoms with Crippen LogP contribution in [0.4, 0.5) is 5.69 Å². The van der Waals surface area contributed by atoms with Crippen LogP contribution in [0.25, 0.3) is 11.0 Å². The number of anilines is 1. The molecule has 1 unspecified atom stereocenters. The van der Waals surface area contributed by atoms with Gasteiger partial charge in [0.05, 0.1) is 44.2 Å². The number of carbonyl (C=O) groups is 1. The minimum atomic E-state index is -0.208. The zero-order valence-electron chi connectivity index (χ0n) is 21.9. The molecule has 2 heterocycles. The average molecular weight is 496 g/mol. The summed E-state index contributed by atoms with van der Waals surface area (Å²) in [6, 6.07) is 3.90. The summed E-state index contributed by atoms with van der Waals surface area (Å²) in [6.07, 6.45) is 9.70. The molecule has 2 aromatic heterocycles. The summed E-state index contributed by atoms with van der Waals surface area (Å²) < 4.78 is 18.1. The first-order valence-corrected chi connectivity index (χ1v) is 12.7. The Morgan fingerprint density at radius 1 is 1.08 bits per heavy atom. The van der Waals surface area contributed by atoms with Crippen LogP contribution in [0.1, 0.15) is 61.9 Å². The molecular formula is C27H37N5O4. The van der Waals surface area contributed by atoms with Crippen molar-refractivity contribution in [2.24, 2.45) is 5.92 Å². The topological polar surface area (TPSA) is 99.5 Å². The Bertz CT molecular complexity index is 1180. The smallest absolute Gasteiger partial charge is 0.255 e. The molecule has 0 spiro atoms. The summed E-state index contributed by atoms with van der Waals surface area (Å²) in [5.41, 5.74) is 2.90. The summed E-state index contributed by atoms with van der Waals surface area (Å²) in [5, 5.41) is 12.1. The van der Waals surface area contributed by atoms with E-state index in [9.17, 15) is 4.79 Å². The number of hydrogen-bond acceptors (Lipinski definition) is 7. The minimum Gasteiger partial charge on any atom is -0.493 e. The molecule has 9 heteroatoms. The molecular weight excluding hydrogens is 458 g/mol. The molecule has 1 saturated carbocycles. The normalized spacial score (nSPS) is 14.9. The van der Waals surface area contributed by atoms with Gasteiger partial charge in [0.15, 0.2) is 17.1 Å². The van der Waals surface area contributed by atoms with E-state index in [1.54, 1.807) is 33.7 Å². The number of nitrogens with one attached hydrogen (secondary N) is 2. The number of ether oxygens (including phenoxy) is 3. The Balaban J connectivity index is 1.61. The number of pyridine rings is 1. The quantitative estimate of drug-likeness (QED) is 0.417. The van der Waals surface area contributed by atoms with Gasteiger partial charge in [-0.25, -0.2) is 9.67 Å². The van der Waals surface area contributed by atoms with Crippen molar-refractivity contribution in [3.8, 4) is 17.2 Å². The van der Waals surface area contributed by atoms with Crippen molar-refractivity contribution < 1.29 is 19.0 Å². The van der Waals surface area contributed by atoms with Gasteiger partial charge in [-0.3, -0.25) is 4.79 Å². The van der Waals surface area contributed by atoms with Gasteiger partial charge in [0, 0.05) is 25.3 Å². The number of hydrogen-bond donors (Lipinski definition) is 2. The molecule has 0 radical (unpaired) electrons. The van der Waals surface area contributed by atoms with Crippen molar-refractivity contribution in [3.63, 3.8) is 0 Å². The van der Waals surface area contributed by atoms with E-state index in [0.29, 0.717) is 41.8 Å². The molecule has 3 aromatic rings. The summed E-state index contributed by atoms with van der Waals surface area (Å²) in [6.45, 7) is 5.24. The summed E-state index contributed by atoms with van der Waals surface area (Å²) >= 11 is 0. The highest BCUT2D eigenvalue weighted by molar-refractivity contribution is 6.06. The van der Waals surface area contributed by atoms with Gasteiger partial charge in [-0.2, -0.15) is 5.10 Å². The van der Waals surface area contributed by atoms with Crippen LogP contribution in [-0.4, -0.2) is 48.0 Å². The van der Waals surface area contributed by atoms with Crippen LogP contribution >= 0.6 is 0 Å². The van der Waals surface area contributed by atoms with E-state index < -0.39 is 0 Å². The monoisotopic (exact) mass is 495 g/mol. The van der Waals surface area contributed by atoms with Crippen LogP contribution in [-0.2, 0) is 13.1 Å². The van der Waals surface area contributed by atoms with E-state index in [4.69, 9.17) is 14.2 Å². The van der Waals surface area contributed by atoms with Crippen molar-refractivity contribution in [2.75, 3.05) is 26.6 Å². The molecule has 1 aliphatic rings. The van der Waals surface area contributed by atoms with Crippen molar-refractivity contribution in [2.45, 2.75) is 65.1 Å². The van der Waals surface area contributed by atoms with E-state index in [1.165, 1.54) is 32.1 Å². The molecule has 194 valence electrons. The van der Waals surface area contributed by atoms with E-state index in [2.05, 4.69) is 27.6 Å². The fraction of sp³-hybridized carbons (Fsp3) is 0.519. The third-order valence-corrected chi connectivity index (χ3v) is 7.12. The molecule has 1 atom stereocenters. The molecule has 2 N–H and O–H groups in total. The number of fused-ring (bicyclic) bond motifs is 1. The molecule has 1 amide bonds. The number of nitrogens with zero attached hydrogens (tertiary/aromatic N) is 3. The Labute approximate surface area is 212 Å². The van der Waals surface area contributed by atoms with E-state index in [-0.39, 0.29) is 11.9 Å². The minimum absolute atomic E-state index is 0.208. The number of aromatic nitrogens is 3. The number of carbonyl (C=O) groups excluding carboxylic acids is 1. The average Bonchev–Trinajstić information content (AvgIpc) is 3.35. The molecule has 1 aromatic carbocycles. The number of methoxy groups -OCH3 is 3. The van der Waals surface area contributed by atoms with E-state index in [1.807, 2.05) is 23.7 Å². The van der Waals surface area contributed by atoms with Gasteiger partial charge < -0.3 is 24.8 Å². The predicted octanol–water partition coefficient (Wildman–Crippen LogP) is 4.79. The molecule has 36 heavy (non-hydrogen) atoms. The van der Waals surface area contributed by atoms with Gasteiger partial charge in [0.1, 0.15) is 0 Å². The largest absolute Gasteiger partial charge is 0.493 e. The SMILES string of the molecule is CCn1ncc2c(NC(C)C3CCCCC3)c(C(=O)NCc3cc(OC)c(OC)c(OC)c3)cnc21. The Hall–Kier alpha value is -3.49. The maximum atomic E-state index is 13.4. The fourth-order valence-corrected chi connectivity index (χ4v) is 5.08. The van der Waals surface area contributed by atoms with Gasteiger partial charge in [0.25, 0.3) is 5.91 Å². The van der Waals surface area contributed by atoms with Crippen LogP contribution in [0.15, 0.2) is 24.5 Å². The summed E-state index contributed by atoms with van der Waals surface area (Å²) in [5.74, 6) is 1.97. The number of rotatable bonds is 10. The van der Waals surface area contributed by atoms with E-state index in [0.717, 1.165) is 22.3 Å². The van der Waals surface area contributed by atoms with E-state index >= 15 is 0 Å². The first-order valence-electron chi connectivity index (χ1n) is 12.7. The molecule has 9 nitrogen and oxygen atoms in total. The van der Waals surface area contributed by atoms with Crippen LogP contribution in [0.3, 0.4) is 0 Å². The maximum Gasteiger partial charge on any atom is 0.255 e. The van der Waals surface area contributed by atoms with Crippen molar-refractivity contribution in [1.82, 2.24) is 20.1 Å². The molecule has 1 fully saturated rings. The van der Waals surface area contributed by atoms with Crippen LogP contribution < -0.4 is 24.8 Å². The van der Waals surface area contributed by atoms with Gasteiger partial charge in [-0.15, -0.1) is 0 Å². The molecule has 4 rings (SSSR count). The molecule has 0 bridgehead atoms. The first kappa shape index (κ1) is 25.6. The second-order valence-corrected chi connectivity index (χ2v) is 9.29. The summed E-state index contributed by atoms with van der Waals surface area (Å²) in [7, 11) is 4.71. The standard InChI is InChI=1S/C27H37N5O4/c1-6-32-26-20(16-30-32)24(31-17(2)19-10-8-7-9-11-19)21(15-28-26)27(33)29-14-18-12-22(34-3)25(36-5)23(13-18)35-4/h12-13,15-17,19H,6-11,14H2,1-5H3,(H,28,31)(H,29,33). The maximum absolute atomic E-state index is 13.4. The predicted molar refractivity (Wildman–Crippen MR) is 140 cm³/mol. The van der Waals surface area contributed by atoms with Gasteiger partial charge in [-0.05, 0) is 50.3 Å². The molecule has 0 aliphatic heterocycles. The zero-order valence-corrected chi connectivity index (χ0v) is 21.9. The van der Waals surface area contributed by atoms with Crippen molar-refractivity contribution >= 4 is 22.6 Å². The third kappa shape index (κ3) is 5.20. The second-order valence-electron chi connectivity index (χ2n) is 9.29. The fourth-order valence-electron chi connectivity index (χ4n) is 5.08. The zero-order chi connectivity index (χ0) is 25.7. The van der Waals surface area contributed by atoms with Crippen molar-refractivity contribution in [1.29, 1.82) is 0 Å². The summed E-state index contributed by atoms with van der Waals surface area (Å²) in [4.78, 5) is 18.0. The van der Waals surface area contributed by atoms with Crippen LogP contribution in [0, 0.1) is 5.92 Å². The highest BCUT2D eigenvalue weighted by Gasteiger charge is 2.24. The molecule has 0 saturated heterocycles. The van der Waals surface area contributed by atoms with Crippen LogP contribution in [0.5, 0.6) is 17.2 Å². The second kappa shape index (κ2) is 11.5. The van der Waals surface area contributed by atoms with Gasteiger partial charge >= 0.3 is 0 Å². The number of benzene rings is 1. The highest BCUT2D eigenvalue weighted by atomic mass is 16.5. The Morgan fingerprint density at radius 3 is 2.39 bits per heavy atom. The lowest BCUT2D eigenvalue weighted by molar-refractivity contribution is 0.0951. The van der Waals surface area contributed by atoms with Crippen molar-refractivity contribution in [3.05, 3.63) is 35.7 Å². The third-order valence-electron chi connectivity index (χ3n) is 7.12. The lowest BCUT2D eigenvalue weighted by Crippen LogP contribution is -2.30. The van der Waals surface area contributed by atoms with Gasteiger partial charge in [0.2, 0.25) is 5.75 Å². The highest BCUT2D eigenvalue weighted by Crippen LogP contribution is 2.38. The number of aryl methyl sites for hydroxylation is 1. The molecule has 1 aliphatic carbocycles. The first-order chi connectivity index (χ1) is 17.5. The van der Waals surface area contributed by atoms with Gasteiger partial charge in [-0.1, -0.05) is 19.3 Å². The Kier molecular flexibility index (Phi) is 8.18. The van der Waals surface area contributed by atoms with Crippen LogP contribution in [0.2, 0.25) is 0 Å². The number of amides is 1. The lowest BCUT2D eigenvalue weighted by Gasteiger charge is -2.29.